The Labute approximate surface area is 223 Å². The number of nitrogens with one attached hydrogen (secondary N) is 3. The molecule has 4 saturated carbocycles. The summed E-state index contributed by atoms with van der Waals surface area (Å²) in [5.41, 5.74) is 1.65. The molecule has 4 bridgehead atoms. The molecule has 6 atom stereocenters. The largest absolute Gasteiger partial charge is 0.496 e. The van der Waals surface area contributed by atoms with Crippen molar-refractivity contribution in [1.82, 2.24) is 15.3 Å². The maximum atomic E-state index is 10.8. The molecule has 0 saturated heterocycles. The van der Waals surface area contributed by atoms with Crippen LogP contribution in [0.1, 0.15) is 49.7 Å². The molecule has 6 rings (SSSR count). The van der Waals surface area contributed by atoms with Gasteiger partial charge in [0, 0.05) is 24.7 Å². The molecule has 1 aromatic carbocycles. The van der Waals surface area contributed by atoms with Gasteiger partial charge in [-0.15, -0.1) is 0 Å². The highest BCUT2D eigenvalue weighted by molar-refractivity contribution is 5.53. The number of nitriles is 1. The molecular formula is C28H37N7O3. The zero-order chi connectivity index (χ0) is 26.5. The molecule has 0 spiro atoms. The highest BCUT2D eigenvalue weighted by Gasteiger charge is 2.55. The topological polar surface area (TPSA) is 145 Å². The van der Waals surface area contributed by atoms with Crippen LogP contribution in [0.15, 0.2) is 35.6 Å². The van der Waals surface area contributed by atoms with Crippen molar-refractivity contribution in [2.75, 3.05) is 37.4 Å². The highest BCUT2D eigenvalue weighted by atomic mass is 16.5. The second-order valence-electron chi connectivity index (χ2n) is 11.3. The van der Waals surface area contributed by atoms with E-state index in [4.69, 9.17) is 4.74 Å². The number of aliphatic hydroxyl groups is 1. The Bertz CT molecular complexity index is 1150. The number of hydrogen-bond donors (Lipinski definition) is 4. The van der Waals surface area contributed by atoms with Gasteiger partial charge in [-0.05, 0) is 74.3 Å². The van der Waals surface area contributed by atoms with E-state index in [9.17, 15) is 15.3 Å². The number of rotatable bonds is 13. The average molecular weight is 520 g/mol. The Hall–Kier alpha value is -3.29. The number of aliphatic hydroxyl groups excluding tert-OH is 1. The van der Waals surface area contributed by atoms with Crippen LogP contribution < -0.4 is 20.7 Å². The van der Waals surface area contributed by atoms with Crippen molar-refractivity contribution >= 4 is 11.8 Å². The lowest BCUT2D eigenvalue weighted by molar-refractivity contribution is -0.0693. The van der Waals surface area contributed by atoms with Gasteiger partial charge in [-0.2, -0.15) is 15.2 Å². The molecule has 10 nitrogen and oxygen atoms in total. The van der Waals surface area contributed by atoms with Crippen LogP contribution in [0.5, 0.6) is 5.75 Å². The third-order valence-electron chi connectivity index (χ3n) is 8.79. The van der Waals surface area contributed by atoms with Crippen LogP contribution in [0, 0.1) is 39.4 Å². The number of para-hydroxylation sites is 1. The van der Waals surface area contributed by atoms with Crippen LogP contribution in [-0.2, 0) is 6.54 Å². The van der Waals surface area contributed by atoms with Crippen molar-refractivity contribution in [3.05, 3.63) is 46.5 Å². The molecule has 3 unspecified atom stereocenters. The fourth-order valence-electron chi connectivity index (χ4n) is 7.31. The van der Waals surface area contributed by atoms with Gasteiger partial charge in [0.15, 0.2) is 0 Å². The third kappa shape index (κ3) is 5.59. The predicted octanol–water partition coefficient (Wildman–Crippen LogP) is 3.68. The Balaban J connectivity index is 1.21. The minimum absolute atomic E-state index is 0.190. The normalized spacial score (nSPS) is 27.9. The van der Waals surface area contributed by atoms with Crippen molar-refractivity contribution in [3.63, 3.8) is 0 Å². The number of anilines is 2. The van der Waals surface area contributed by atoms with Gasteiger partial charge in [0.25, 0.3) is 0 Å². The fourth-order valence-corrected chi connectivity index (χ4v) is 7.31. The van der Waals surface area contributed by atoms with E-state index in [1.807, 2.05) is 24.3 Å². The number of nitrogens with zero attached hydrogens (tertiary/aromatic N) is 4. The molecule has 1 aromatic heterocycles. The van der Waals surface area contributed by atoms with Gasteiger partial charge in [0.2, 0.25) is 5.95 Å². The van der Waals surface area contributed by atoms with Crippen molar-refractivity contribution in [1.29, 1.82) is 5.26 Å². The number of methoxy groups -OCH3 is 1. The number of nitroso groups, excluding NO2 is 1. The monoisotopic (exact) mass is 519 g/mol. The summed E-state index contributed by atoms with van der Waals surface area (Å²) in [6, 6.07) is 9.98. The van der Waals surface area contributed by atoms with Gasteiger partial charge in [0.05, 0.1) is 19.9 Å². The molecule has 38 heavy (non-hydrogen) atoms. The predicted molar refractivity (Wildman–Crippen MR) is 145 cm³/mol. The van der Waals surface area contributed by atoms with Gasteiger partial charge in [-0.3, -0.25) is 0 Å². The Morgan fingerprint density at radius 3 is 2.74 bits per heavy atom. The Morgan fingerprint density at radius 1 is 1.24 bits per heavy atom. The molecule has 4 fully saturated rings. The van der Waals surface area contributed by atoms with Crippen molar-refractivity contribution in [2.24, 2.45) is 28.3 Å². The summed E-state index contributed by atoms with van der Waals surface area (Å²) < 4.78 is 5.43. The van der Waals surface area contributed by atoms with E-state index in [1.54, 1.807) is 13.3 Å². The minimum atomic E-state index is -0.522. The van der Waals surface area contributed by atoms with E-state index in [-0.39, 0.29) is 12.0 Å². The summed E-state index contributed by atoms with van der Waals surface area (Å²) in [7, 11) is 1.65. The van der Waals surface area contributed by atoms with Gasteiger partial charge < -0.3 is 25.8 Å². The molecule has 4 aliphatic carbocycles. The summed E-state index contributed by atoms with van der Waals surface area (Å²) in [6.45, 7) is 1.83. The lowest BCUT2D eigenvalue weighted by atomic mass is 9.48. The van der Waals surface area contributed by atoms with E-state index in [2.05, 4.69) is 37.2 Å². The van der Waals surface area contributed by atoms with Crippen molar-refractivity contribution < 1.29 is 9.84 Å². The maximum Gasteiger partial charge on any atom is 0.224 e. The third-order valence-corrected chi connectivity index (χ3v) is 8.79. The first kappa shape index (κ1) is 26.3. The number of benzene rings is 1. The smallest absolute Gasteiger partial charge is 0.224 e. The van der Waals surface area contributed by atoms with Crippen LogP contribution in [-0.4, -0.2) is 54.0 Å². The average Bonchev–Trinajstić information content (AvgIpc) is 2.94. The number of hydrogen-bond acceptors (Lipinski definition) is 10. The summed E-state index contributed by atoms with van der Waals surface area (Å²) in [5.74, 6) is 3.81. The lowest BCUT2D eigenvalue weighted by Crippen LogP contribution is -2.59. The molecule has 0 radical (unpaired) electrons. The van der Waals surface area contributed by atoms with Crippen LogP contribution >= 0.6 is 0 Å². The molecular weight excluding hydrogens is 482 g/mol. The molecule has 0 amide bonds. The van der Waals surface area contributed by atoms with Crippen LogP contribution in [0.3, 0.4) is 0 Å². The van der Waals surface area contributed by atoms with E-state index < -0.39 is 6.04 Å². The highest BCUT2D eigenvalue weighted by Crippen LogP contribution is 2.60. The molecule has 2 aromatic rings. The van der Waals surface area contributed by atoms with Gasteiger partial charge in [-0.1, -0.05) is 23.4 Å². The number of ether oxygens (including phenoxy) is 1. The molecule has 4 aliphatic rings. The quantitative estimate of drug-likeness (QED) is 0.291. The Morgan fingerprint density at radius 2 is 2.03 bits per heavy atom. The fraction of sp³-hybridized carbons (Fsp3) is 0.607. The summed E-state index contributed by atoms with van der Waals surface area (Å²) in [6.07, 6.45) is 8.15. The minimum Gasteiger partial charge on any atom is -0.496 e. The maximum absolute atomic E-state index is 10.8. The molecule has 10 heteroatoms. The molecule has 4 N–H and O–H groups in total. The molecule has 202 valence electrons. The second kappa shape index (κ2) is 11.6. The van der Waals surface area contributed by atoms with Crippen LogP contribution in [0.2, 0.25) is 0 Å². The van der Waals surface area contributed by atoms with Crippen molar-refractivity contribution in [2.45, 2.75) is 57.2 Å². The van der Waals surface area contributed by atoms with Crippen molar-refractivity contribution in [3.8, 4) is 11.8 Å². The lowest BCUT2D eigenvalue weighted by Gasteiger charge is -2.60. The molecule has 0 aliphatic heterocycles. The first-order valence-corrected chi connectivity index (χ1v) is 13.6. The van der Waals surface area contributed by atoms with E-state index >= 15 is 0 Å². The van der Waals surface area contributed by atoms with Gasteiger partial charge in [-0.25, -0.2) is 4.98 Å². The Kier molecular flexibility index (Phi) is 8.05. The van der Waals surface area contributed by atoms with Gasteiger partial charge >= 0.3 is 0 Å². The standard InChI is InChI=1S/C28H37N7O3/c1-38-24-5-3-2-4-19(24)14-31-27-32-15-22(13-29)26(34-27)33-17-28-10-18-8-20(11-28)25(21(9-18)12-28)30-7-6-23(16-36)35-37/h2-5,15,18,20-21,23,25,30,36H,6-12,14,16-17H2,1H3,(H2,31,32,33,34)/t18?,20-,21+,23-,25?,28?/m0/s1. The van der Waals surface area contributed by atoms with Crippen LogP contribution in [0.25, 0.3) is 0 Å². The van der Waals surface area contributed by atoms with Gasteiger partial charge in [0.1, 0.15) is 29.2 Å². The summed E-state index contributed by atoms with van der Waals surface area (Å²) >= 11 is 0. The summed E-state index contributed by atoms with van der Waals surface area (Å²) in [5, 5.41) is 32.4. The van der Waals surface area contributed by atoms with Crippen LogP contribution in [0.4, 0.5) is 11.8 Å². The SMILES string of the molecule is COc1ccccc1CNc1ncc(C#N)c(NCC23CC4C[C@H](C2)C(NCC[C@@H](CO)N=O)[C@@H](C4)C3)n1. The zero-order valence-electron chi connectivity index (χ0n) is 21.9. The first-order valence-electron chi connectivity index (χ1n) is 13.6. The molecule has 1 heterocycles. The van der Waals surface area contributed by atoms with E-state index in [1.165, 1.54) is 19.3 Å². The zero-order valence-corrected chi connectivity index (χ0v) is 21.9. The van der Waals surface area contributed by atoms with E-state index in [0.717, 1.165) is 36.6 Å². The number of aromatic nitrogens is 2. The van der Waals surface area contributed by atoms with E-state index in [0.29, 0.717) is 54.7 Å². The second-order valence-corrected chi connectivity index (χ2v) is 11.3. The first-order chi connectivity index (χ1) is 18.6. The summed E-state index contributed by atoms with van der Waals surface area (Å²) in [4.78, 5) is 19.8.